The first-order valence-electron chi connectivity index (χ1n) is 7.50. The molecule has 2 rings (SSSR count). The molecular formula is C18H18ClN3O3. The minimum Gasteiger partial charge on any atom is -0.465 e. The Bertz CT molecular complexity index is 806. The van der Waals surface area contributed by atoms with Crippen molar-refractivity contribution in [2.75, 3.05) is 0 Å². The summed E-state index contributed by atoms with van der Waals surface area (Å²) in [6.45, 7) is 5.97. The molecule has 0 fully saturated rings. The van der Waals surface area contributed by atoms with E-state index in [1.54, 1.807) is 24.3 Å². The van der Waals surface area contributed by atoms with Crippen LogP contribution in [0, 0.1) is 6.92 Å². The fourth-order valence-corrected chi connectivity index (χ4v) is 2.28. The van der Waals surface area contributed by atoms with E-state index in [-0.39, 0.29) is 13.2 Å². The molecule has 0 radical (unpaired) electrons. The van der Waals surface area contributed by atoms with Gasteiger partial charge in [-0.15, -0.1) is 0 Å². The van der Waals surface area contributed by atoms with Gasteiger partial charge in [-0.25, -0.2) is 4.79 Å². The number of allylic oxidation sites excluding steroid dienone is 1. The van der Waals surface area contributed by atoms with E-state index in [9.17, 15) is 4.79 Å². The molecule has 0 saturated heterocycles. The number of amides is 1. The van der Waals surface area contributed by atoms with Gasteiger partial charge in [0.25, 0.3) is 0 Å². The van der Waals surface area contributed by atoms with E-state index in [1.165, 1.54) is 0 Å². The maximum absolute atomic E-state index is 10.6. The molecule has 7 heteroatoms. The van der Waals surface area contributed by atoms with Crippen molar-refractivity contribution in [2.24, 2.45) is 5.16 Å². The quantitative estimate of drug-likeness (QED) is 0.579. The van der Waals surface area contributed by atoms with Crippen molar-refractivity contribution in [3.63, 3.8) is 0 Å². The lowest BCUT2D eigenvalue weighted by Gasteiger charge is -2.08. The van der Waals surface area contributed by atoms with E-state index in [0.717, 1.165) is 17.0 Å². The molecule has 2 aromatic rings. The molecule has 0 aliphatic carbocycles. The lowest BCUT2D eigenvalue weighted by molar-refractivity contribution is 0.128. The van der Waals surface area contributed by atoms with Gasteiger partial charge < -0.3 is 15.3 Å². The van der Waals surface area contributed by atoms with Crippen LogP contribution in [0.4, 0.5) is 4.79 Å². The number of halogens is 1. The van der Waals surface area contributed by atoms with Crippen LogP contribution in [0.1, 0.15) is 22.5 Å². The Morgan fingerprint density at radius 3 is 2.92 bits per heavy atom. The molecule has 0 saturated carbocycles. The molecule has 130 valence electrons. The number of hydrogen-bond donors (Lipinski definition) is 2. The van der Waals surface area contributed by atoms with Gasteiger partial charge in [-0.2, -0.15) is 0 Å². The van der Waals surface area contributed by atoms with Crippen LogP contribution in [0.5, 0.6) is 0 Å². The molecular weight excluding hydrogens is 342 g/mol. The highest BCUT2D eigenvalue weighted by atomic mass is 35.5. The average molecular weight is 360 g/mol. The predicted octanol–water partition coefficient (Wildman–Crippen LogP) is 3.92. The summed E-state index contributed by atoms with van der Waals surface area (Å²) in [5.41, 5.74) is 3.55. The van der Waals surface area contributed by atoms with Gasteiger partial charge in [0.2, 0.25) is 0 Å². The zero-order valence-corrected chi connectivity index (χ0v) is 14.5. The predicted molar refractivity (Wildman–Crippen MR) is 96.8 cm³/mol. The number of aromatic nitrogens is 1. The van der Waals surface area contributed by atoms with Crippen molar-refractivity contribution in [1.82, 2.24) is 10.3 Å². The van der Waals surface area contributed by atoms with Gasteiger partial charge in [-0.05, 0) is 42.8 Å². The number of carboxylic acid groups (broad SMARTS) is 1. The van der Waals surface area contributed by atoms with E-state index in [4.69, 9.17) is 21.5 Å². The number of nitrogens with one attached hydrogen (secondary N) is 1. The monoisotopic (exact) mass is 359 g/mol. The average Bonchev–Trinajstić information content (AvgIpc) is 2.58. The lowest BCUT2D eigenvalue weighted by Crippen LogP contribution is -2.20. The van der Waals surface area contributed by atoms with Crippen LogP contribution < -0.4 is 5.32 Å². The van der Waals surface area contributed by atoms with Gasteiger partial charge in [-0.1, -0.05) is 35.5 Å². The Hall–Kier alpha value is -2.86. The largest absolute Gasteiger partial charge is 0.465 e. The van der Waals surface area contributed by atoms with E-state index in [2.05, 4.69) is 22.0 Å². The van der Waals surface area contributed by atoms with Crippen LogP contribution in [0.2, 0.25) is 5.02 Å². The third-order valence-corrected chi connectivity index (χ3v) is 3.65. The normalized spacial score (nSPS) is 11.0. The van der Waals surface area contributed by atoms with Gasteiger partial charge in [0.15, 0.2) is 6.61 Å². The van der Waals surface area contributed by atoms with Crippen LogP contribution in [-0.2, 0) is 18.0 Å². The smallest absolute Gasteiger partial charge is 0.404 e. The maximum Gasteiger partial charge on any atom is 0.404 e. The fourth-order valence-electron chi connectivity index (χ4n) is 2.10. The topological polar surface area (TPSA) is 83.8 Å². The second kappa shape index (κ2) is 8.84. The minimum atomic E-state index is -1.12. The van der Waals surface area contributed by atoms with Crippen molar-refractivity contribution in [3.05, 3.63) is 76.6 Å². The molecule has 0 spiro atoms. The highest BCUT2D eigenvalue weighted by Gasteiger charge is 2.07. The maximum atomic E-state index is 10.6. The molecule has 1 heterocycles. The number of pyridine rings is 1. The molecule has 2 N–H and O–H groups in total. The van der Waals surface area contributed by atoms with Crippen molar-refractivity contribution < 1.29 is 14.7 Å². The standard InChI is InChI=1S/C18H18ClN3O3/c1-3-17(22-25-11-15-6-4-5-12(2)21-15)13-7-8-16(19)14(9-13)10-20-18(23)24/h3-9,20H,1,10-11H2,2H3,(H,23,24). The molecule has 0 aliphatic heterocycles. The van der Waals surface area contributed by atoms with Crippen LogP contribution in [-0.4, -0.2) is 21.9 Å². The summed E-state index contributed by atoms with van der Waals surface area (Å²) in [6, 6.07) is 10.8. The Kier molecular flexibility index (Phi) is 6.54. The summed E-state index contributed by atoms with van der Waals surface area (Å²) in [6.07, 6.45) is 0.439. The van der Waals surface area contributed by atoms with Gasteiger partial charge in [0.05, 0.1) is 5.69 Å². The van der Waals surface area contributed by atoms with Gasteiger partial charge in [-0.3, -0.25) is 4.98 Å². The zero-order chi connectivity index (χ0) is 18.2. The van der Waals surface area contributed by atoms with E-state index in [1.807, 2.05) is 25.1 Å². The van der Waals surface area contributed by atoms with Crippen LogP contribution >= 0.6 is 11.6 Å². The third-order valence-electron chi connectivity index (χ3n) is 3.29. The van der Waals surface area contributed by atoms with Crippen molar-refractivity contribution in [1.29, 1.82) is 0 Å². The molecule has 0 atom stereocenters. The van der Waals surface area contributed by atoms with Crippen molar-refractivity contribution >= 4 is 23.4 Å². The SMILES string of the molecule is C=CC(=NOCc1cccc(C)n1)c1ccc(Cl)c(CNC(=O)O)c1. The van der Waals surface area contributed by atoms with E-state index in [0.29, 0.717) is 16.3 Å². The third kappa shape index (κ3) is 5.61. The highest BCUT2D eigenvalue weighted by molar-refractivity contribution is 6.31. The Morgan fingerprint density at radius 2 is 2.24 bits per heavy atom. The number of carbonyl (C=O) groups is 1. The molecule has 6 nitrogen and oxygen atoms in total. The van der Waals surface area contributed by atoms with Crippen LogP contribution in [0.3, 0.4) is 0 Å². The Labute approximate surface area is 150 Å². The molecule has 25 heavy (non-hydrogen) atoms. The zero-order valence-electron chi connectivity index (χ0n) is 13.7. The second-order valence-electron chi connectivity index (χ2n) is 5.19. The number of hydrogen-bond acceptors (Lipinski definition) is 4. The fraction of sp³-hybridized carbons (Fsp3) is 0.167. The Morgan fingerprint density at radius 1 is 1.44 bits per heavy atom. The molecule has 1 aromatic heterocycles. The summed E-state index contributed by atoms with van der Waals surface area (Å²) >= 11 is 6.09. The molecule has 0 bridgehead atoms. The molecule has 1 amide bonds. The first-order valence-corrected chi connectivity index (χ1v) is 7.88. The minimum absolute atomic E-state index is 0.0977. The number of aryl methyl sites for hydroxylation is 1. The number of nitrogens with zero attached hydrogens (tertiary/aromatic N) is 2. The second-order valence-corrected chi connectivity index (χ2v) is 5.60. The van der Waals surface area contributed by atoms with Crippen molar-refractivity contribution in [3.8, 4) is 0 Å². The summed E-state index contributed by atoms with van der Waals surface area (Å²) in [5.74, 6) is 0. The summed E-state index contributed by atoms with van der Waals surface area (Å²) in [5, 5.41) is 15.5. The number of benzene rings is 1. The molecule has 1 aromatic carbocycles. The highest BCUT2D eigenvalue weighted by Crippen LogP contribution is 2.18. The lowest BCUT2D eigenvalue weighted by atomic mass is 10.1. The summed E-state index contributed by atoms with van der Waals surface area (Å²) < 4.78 is 0. The molecule has 0 aliphatic rings. The van der Waals surface area contributed by atoms with Crippen molar-refractivity contribution in [2.45, 2.75) is 20.1 Å². The van der Waals surface area contributed by atoms with Gasteiger partial charge in [0, 0.05) is 22.8 Å². The summed E-state index contributed by atoms with van der Waals surface area (Å²) in [4.78, 5) is 20.3. The first-order chi connectivity index (χ1) is 12.0. The number of oxime groups is 1. The Balaban J connectivity index is 2.12. The first kappa shape index (κ1) is 18.5. The van der Waals surface area contributed by atoms with E-state index < -0.39 is 6.09 Å². The van der Waals surface area contributed by atoms with Gasteiger partial charge >= 0.3 is 6.09 Å². The van der Waals surface area contributed by atoms with Crippen LogP contribution in [0.15, 0.2) is 54.2 Å². The number of rotatable bonds is 7. The summed E-state index contributed by atoms with van der Waals surface area (Å²) in [7, 11) is 0. The van der Waals surface area contributed by atoms with Gasteiger partial charge in [0.1, 0.15) is 5.71 Å². The molecule has 0 unspecified atom stereocenters. The van der Waals surface area contributed by atoms with Crippen LogP contribution in [0.25, 0.3) is 0 Å². The van der Waals surface area contributed by atoms with E-state index >= 15 is 0 Å².